The fourth-order valence-electron chi connectivity index (χ4n) is 4.19. The van der Waals surface area contributed by atoms with E-state index in [4.69, 9.17) is 18.6 Å². The molecular formula is C26H24N2O9S. The molecule has 0 bridgehead atoms. The number of carbonyl (C=O) groups is 2. The number of phenolic OH excluding ortho intramolecular Hbond substituents is 1. The highest BCUT2D eigenvalue weighted by atomic mass is 32.2. The summed E-state index contributed by atoms with van der Waals surface area (Å²) in [6, 6.07) is 14.1. The van der Waals surface area contributed by atoms with Crippen LogP contribution >= 0.6 is 0 Å². The Morgan fingerprint density at radius 1 is 1.03 bits per heavy atom. The first-order valence-electron chi connectivity index (χ1n) is 11.6. The average molecular weight is 541 g/mol. The third-order valence-corrected chi connectivity index (χ3v) is 8.00. The smallest absolute Gasteiger partial charge is 0.342 e. The second-order valence-electron chi connectivity index (χ2n) is 8.47. The molecule has 0 atom stereocenters. The number of hydrogen-bond donors (Lipinski definition) is 2. The maximum absolute atomic E-state index is 12.9. The molecule has 11 nitrogen and oxygen atoms in total. The van der Waals surface area contributed by atoms with E-state index in [9.17, 15) is 23.1 Å². The number of esters is 1. The molecule has 4 aromatic rings. The van der Waals surface area contributed by atoms with E-state index in [2.05, 4.69) is 5.32 Å². The molecular weight excluding hydrogens is 516 g/mol. The standard InChI is InChI=1S/C26H24N2O9S/c1-34-24-13-18-17-4-2-3-5-22(17)37-23(18)14-20(24)27-25(30)15-36-26(31)19-12-16(6-7-21(19)29)38(32,33)28-8-10-35-11-9-28/h2-7,12-14,29H,8-11,15H2,1H3,(H,27,30). The van der Waals surface area contributed by atoms with Crippen LogP contribution in [-0.4, -0.2) is 69.7 Å². The molecule has 1 amide bonds. The number of nitrogens with zero attached hydrogens (tertiary/aromatic N) is 1. The SMILES string of the molecule is COc1cc2c(cc1NC(=O)COC(=O)c1cc(S(=O)(=O)N3CCOCC3)ccc1O)oc1ccccc12. The number of morpholine rings is 1. The number of phenols is 1. The highest BCUT2D eigenvalue weighted by Crippen LogP contribution is 2.36. The van der Waals surface area contributed by atoms with Crippen molar-refractivity contribution in [1.29, 1.82) is 0 Å². The van der Waals surface area contributed by atoms with Crippen LogP contribution in [0.25, 0.3) is 21.9 Å². The third kappa shape index (κ3) is 4.88. The number of anilines is 1. The Labute approximate surface area is 217 Å². The molecule has 1 aliphatic heterocycles. The Morgan fingerprint density at radius 2 is 1.79 bits per heavy atom. The second-order valence-corrected chi connectivity index (χ2v) is 10.4. The van der Waals surface area contributed by atoms with Crippen molar-refractivity contribution in [1.82, 2.24) is 4.31 Å². The molecule has 1 aromatic heterocycles. The molecule has 198 valence electrons. The lowest BCUT2D eigenvalue weighted by Gasteiger charge is -2.26. The van der Waals surface area contributed by atoms with Crippen LogP contribution in [0.2, 0.25) is 0 Å². The Hall–Kier alpha value is -4.13. The minimum Gasteiger partial charge on any atom is -0.507 e. The van der Waals surface area contributed by atoms with E-state index in [1.54, 1.807) is 12.1 Å². The number of methoxy groups -OCH3 is 1. The van der Waals surface area contributed by atoms with Gasteiger partial charge >= 0.3 is 5.97 Å². The fourth-order valence-corrected chi connectivity index (χ4v) is 5.62. The second kappa shape index (κ2) is 10.3. The van der Waals surface area contributed by atoms with Gasteiger partial charge < -0.3 is 29.1 Å². The van der Waals surface area contributed by atoms with Crippen molar-refractivity contribution in [2.75, 3.05) is 45.3 Å². The van der Waals surface area contributed by atoms with Gasteiger partial charge in [0.15, 0.2) is 6.61 Å². The first kappa shape index (κ1) is 25.5. The van der Waals surface area contributed by atoms with Gasteiger partial charge in [0.05, 0.1) is 30.9 Å². The molecule has 0 aliphatic carbocycles. The lowest BCUT2D eigenvalue weighted by molar-refractivity contribution is -0.119. The van der Waals surface area contributed by atoms with Gasteiger partial charge in [0.1, 0.15) is 28.2 Å². The molecule has 2 N–H and O–H groups in total. The molecule has 12 heteroatoms. The average Bonchev–Trinajstić information content (AvgIpc) is 3.29. The summed E-state index contributed by atoms with van der Waals surface area (Å²) < 4.78 is 48.6. The zero-order valence-electron chi connectivity index (χ0n) is 20.3. The predicted octanol–water partition coefficient (Wildman–Crippen LogP) is 3.12. The number of furan rings is 1. The molecule has 0 saturated carbocycles. The molecule has 0 radical (unpaired) electrons. The number of nitrogens with one attached hydrogen (secondary N) is 1. The van der Waals surface area contributed by atoms with Crippen molar-refractivity contribution >= 4 is 49.5 Å². The number of sulfonamides is 1. The van der Waals surface area contributed by atoms with Gasteiger partial charge in [-0.05, 0) is 30.3 Å². The summed E-state index contributed by atoms with van der Waals surface area (Å²) in [6.45, 7) is 0.170. The topological polar surface area (TPSA) is 145 Å². The van der Waals surface area contributed by atoms with Gasteiger partial charge in [0, 0.05) is 29.9 Å². The third-order valence-electron chi connectivity index (χ3n) is 6.10. The van der Waals surface area contributed by atoms with Crippen LogP contribution < -0.4 is 10.1 Å². The lowest BCUT2D eigenvalue weighted by atomic mass is 10.1. The van der Waals surface area contributed by atoms with Crippen molar-refractivity contribution in [3.63, 3.8) is 0 Å². The van der Waals surface area contributed by atoms with Crippen LogP contribution in [0.1, 0.15) is 10.4 Å². The van der Waals surface area contributed by atoms with Gasteiger partial charge in [0.25, 0.3) is 5.91 Å². The molecule has 2 heterocycles. The summed E-state index contributed by atoms with van der Waals surface area (Å²) in [4.78, 5) is 25.1. The molecule has 38 heavy (non-hydrogen) atoms. The van der Waals surface area contributed by atoms with Gasteiger partial charge in [0.2, 0.25) is 10.0 Å². The Bertz CT molecular complexity index is 1640. The number of hydrogen-bond acceptors (Lipinski definition) is 9. The van der Waals surface area contributed by atoms with E-state index in [1.807, 2.05) is 24.3 Å². The van der Waals surface area contributed by atoms with Crippen molar-refractivity contribution in [3.05, 3.63) is 60.2 Å². The molecule has 5 rings (SSSR count). The van der Waals surface area contributed by atoms with Gasteiger partial charge in [-0.25, -0.2) is 13.2 Å². The quantitative estimate of drug-likeness (QED) is 0.338. The van der Waals surface area contributed by atoms with Crippen LogP contribution in [0.15, 0.2) is 63.9 Å². The van der Waals surface area contributed by atoms with Crippen LogP contribution in [0.3, 0.4) is 0 Å². The van der Waals surface area contributed by atoms with Gasteiger partial charge in [-0.15, -0.1) is 0 Å². The van der Waals surface area contributed by atoms with Crippen LogP contribution in [0.5, 0.6) is 11.5 Å². The van der Waals surface area contributed by atoms with Gasteiger partial charge in [-0.3, -0.25) is 4.79 Å². The number of amides is 1. The first-order valence-corrected chi connectivity index (χ1v) is 13.1. The molecule has 1 fully saturated rings. The van der Waals surface area contributed by atoms with E-state index in [0.717, 1.165) is 22.9 Å². The summed E-state index contributed by atoms with van der Waals surface area (Å²) in [5.74, 6) is -1.84. The van der Waals surface area contributed by atoms with E-state index < -0.39 is 34.3 Å². The molecule has 0 spiro atoms. The van der Waals surface area contributed by atoms with Gasteiger partial charge in [-0.2, -0.15) is 4.31 Å². The number of fused-ring (bicyclic) bond motifs is 3. The minimum atomic E-state index is -3.91. The summed E-state index contributed by atoms with van der Waals surface area (Å²) in [5, 5.41) is 14.5. The number of benzene rings is 3. The largest absolute Gasteiger partial charge is 0.507 e. The molecule has 1 saturated heterocycles. The van der Waals surface area contributed by atoms with Crippen molar-refractivity contribution in [2.45, 2.75) is 4.90 Å². The van der Waals surface area contributed by atoms with Crippen molar-refractivity contribution in [2.24, 2.45) is 0 Å². The first-order chi connectivity index (χ1) is 18.3. The molecule has 0 unspecified atom stereocenters. The predicted molar refractivity (Wildman–Crippen MR) is 137 cm³/mol. The number of aromatic hydroxyl groups is 1. The number of carbonyl (C=O) groups excluding carboxylic acids is 2. The lowest BCUT2D eigenvalue weighted by Crippen LogP contribution is -2.40. The Kier molecular flexibility index (Phi) is 6.93. The highest BCUT2D eigenvalue weighted by Gasteiger charge is 2.28. The fraction of sp³-hybridized carbons (Fsp3) is 0.231. The van der Waals surface area contributed by atoms with Crippen LogP contribution in [0, 0.1) is 0 Å². The number of para-hydroxylation sites is 1. The van der Waals surface area contributed by atoms with E-state index in [1.165, 1.54) is 17.5 Å². The molecule has 3 aromatic carbocycles. The van der Waals surface area contributed by atoms with Gasteiger partial charge in [-0.1, -0.05) is 18.2 Å². The monoisotopic (exact) mass is 540 g/mol. The normalized spacial score (nSPS) is 14.4. The van der Waals surface area contributed by atoms with Crippen molar-refractivity contribution < 1.29 is 41.7 Å². The summed E-state index contributed by atoms with van der Waals surface area (Å²) in [5.41, 5.74) is 1.14. The Morgan fingerprint density at radius 3 is 2.55 bits per heavy atom. The van der Waals surface area contributed by atoms with E-state index >= 15 is 0 Å². The van der Waals surface area contributed by atoms with Crippen LogP contribution in [-0.2, 0) is 24.3 Å². The number of ether oxygens (including phenoxy) is 3. The zero-order chi connectivity index (χ0) is 26.9. The zero-order valence-corrected chi connectivity index (χ0v) is 21.1. The van der Waals surface area contributed by atoms with E-state index in [0.29, 0.717) is 22.6 Å². The highest BCUT2D eigenvalue weighted by molar-refractivity contribution is 7.89. The minimum absolute atomic E-state index is 0.173. The summed E-state index contributed by atoms with van der Waals surface area (Å²) >= 11 is 0. The number of rotatable bonds is 7. The van der Waals surface area contributed by atoms with E-state index in [-0.39, 0.29) is 36.8 Å². The Balaban J connectivity index is 1.30. The van der Waals surface area contributed by atoms with Crippen molar-refractivity contribution in [3.8, 4) is 11.5 Å². The maximum Gasteiger partial charge on any atom is 0.342 e. The summed E-state index contributed by atoms with van der Waals surface area (Å²) in [6.07, 6.45) is 0. The molecule has 1 aliphatic rings. The summed E-state index contributed by atoms with van der Waals surface area (Å²) in [7, 11) is -2.45. The van der Waals surface area contributed by atoms with Crippen LogP contribution in [0.4, 0.5) is 5.69 Å². The maximum atomic E-state index is 12.9.